The molecule has 0 spiro atoms. The van der Waals surface area contributed by atoms with Crippen molar-refractivity contribution in [3.63, 3.8) is 0 Å². The molecule has 102 valence electrons. The number of nitriles is 1. The molecule has 0 aliphatic rings. The first-order chi connectivity index (χ1) is 10.2. The largest absolute Gasteiger partial charge is 0.340 e. The normalized spacial score (nSPS) is 10.3. The molecule has 0 saturated heterocycles. The van der Waals surface area contributed by atoms with Gasteiger partial charge in [-0.15, -0.1) is 0 Å². The van der Waals surface area contributed by atoms with Crippen molar-refractivity contribution in [1.82, 2.24) is 4.98 Å². The predicted molar refractivity (Wildman–Crippen MR) is 81.2 cm³/mol. The number of pyridine rings is 1. The molecule has 0 radical (unpaired) electrons. The summed E-state index contributed by atoms with van der Waals surface area (Å²) in [4.78, 5) is 4.41. The van der Waals surface area contributed by atoms with E-state index in [9.17, 15) is 9.65 Å². The molecular formula is C16H9ClFN3. The molecular weight excluding hydrogens is 289 g/mol. The van der Waals surface area contributed by atoms with E-state index in [1.165, 1.54) is 12.1 Å². The van der Waals surface area contributed by atoms with Crippen LogP contribution in [-0.4, -0.2) is 4.98 Å². The second-order valence-corrected chi connectivity index (χ2v) is 4.85. The Labute approximate surface area is 125 Å². The van der Waals surface area contributed by atoms with Crippen LogP contribution in [0.1, 0.15) is 5.56 Å². The molecule has 0 fully saturated rings. The smallest absolute Gasteiger partial charge is 0.143 e. The van der Waals surface area contributed by atoms with E-state index in [2.05, 4.69) is 16.4 Å². The van der Waals surface area contributed by atoms with Crippen LogP contribution >= 0.6 is 11.6 Å². The number of fused-ring (bicyclic) bond motifs is 1. The van der Waals surface area contributed by atoms with E-state index in [4.69, 9.17) is 11.6 Å². The molecule has 0 atom stereocenters. The van der Waals surface area contributed by atoms with Crippen LogP contribution in [0.25, 0.3) is 10.9 Å². The topological polar surface area (TPSA) is 48.7 Å². The van der Waals surface area contributed by atoms with Gasteiger partial charge in [-0.3, -0.25) is 0 Å². The SMILES string of the molecule is N#Cc1cc(Nc2ccc(Cl)c(F)c2)nc2ccccc12. The lowest BCUT2D eigenvalue weighted by Gasteiger charge is -2.08. The highest BCUT2D eigenvalue weighted by molar-refractivity contribution is 6.30. The average molecular weight is 298 g/mol. The summed E-state index contributed by atoms with van der Waals surface area (Å²) in [5.41, 5.74) is 1.73. The Bertz CT molecular complexity index is 871. The molecule has 3 aromatic rings. The summed E-state index contributed by atoms with van der Waals surface area (Å²) >= 11 is 5.65. The van der Waals surface area contributed by atoms with E-state index in [0.717, 1.165) is 5.39 Å². The van der Waals surface area contributed by atoms with Crippen LogP contribution in [0.3, 0.4) is 0 Å². The fourth-order valence-corrected chi connectivity index (χ4v) is 2.17. The number of hydrogen-bond acceptors (Lipinski definition) is 3. The highest BCUT2D eigenvalue weighted by atomic mass is 35.5. The zero-order valence-corrected chi connectivity index (χ0v) is 11.5. The second-order valence-electron chi connectivity index (χ2n) is 4.44. The second kappa shape index (κ2) is 5.39. The Morgan fingerprint density at radius 3 is 2.71 bits per heavy atom. The Kier molecular flexibility index (Phi) is 3.43. The maximum Gasteiger partial charge on any atom is 0.143 e. The van der Waals surface area contributed by atoms with Gasteiger partial charge in [0.2, 0.25) is 0 Å². The van der Waals surface area contributed by atoms with Crippen LogP contribution < -0.4 is 5.32 Å². The fraction of sp³-hybridized carbons (Fsp3) is 0. The van der Waals surface area contributed by atoms with Crippen molar-refractivity contribution in [3.05, 3.63) is 64.9 Å². The number of aromatic nitrogens is 1. The quantitative estimate of drug-likeness (QED) is 0.749. The van der Waals surface area contributed by atoms with E-state index in [1.54, 1.807) is 12.1 Å². The van der Waals surface area contributed by atoms with E-state index in [0.29, 0.717) is 22.6 Å². The molecule has 0 amide bonds. The Morgan fingerprint density at radius 1 is 1.14 bits per heavy atom. The van der Waals surface area contributed by atoms with Gasteiger partial charge in [0, 0.05) is 11.1 Å². The van der Waals surface area contributed by atoms with Gasteiger partial charge >= 0.3 is 0 Å². The minimum atomic E-state index is -0.511. The third-order valence-corrected chi connectivity index (χ3v) is 3.34. The third-order valence-electron chi connectivity index (χ3n) is 3.03. The summed E-state index contributed by atoms with van der Waals surface area (Å²) in [5.74, 6) is -0.0325. The molecule has 1 N–H and O–H groups in total. The van der Waals surface area contributed by atoms with Gasteiger partial charge < -0.3 is 5.32 Å². The minimum Gasteiger partial charge on any atom is -0.340 e. The first-order valence-electron chi connectivity index (χ1n) is 6.19. The highest BCUT2D eigenvalue weighted by Gasteiger charge is 2.06. The van der Waals surface area contributed by atoms with Gasteiger partial charge in [-0.2, -0.15) is 5.26 Å². The van der Waals surface area contributed by atoms with Gasteiger partial charge in [-0.05, 0) is 30.3 Å². The lowest BCUT2D eigenvalue weighted by atomic mass is 10.1. The predicted octanol–water partition coefficient (Wildman–Crippen LogP) is 4.64. The Balaban J connectivity index is 2.04. The van der Waals surface area contributed by atoms with E-state index in [-0.39, 0.29) is 5.02 Å². The van der Waals surface area contributed by atoms with Crippen molar-refractivity contribution in [3.8, 4) is 6.07 Å². The van der Waals surface area contributed by atoms with Gasteiger partial charge in [0.25, 0.3) is 0 Å². The van der Waals surface area contributed by atoms with Crippen molar-refractivity contribution < 1.29 is 4.39 Å². The first kappa shape index (κ1) is 13.3. The summed E-state index contributed by atoms with van der Waals surface area (Å²) in [5, 5.41) is 13.0. The molecule has 0 bridgehead atoms. The molecule has 21 heavy (non-hydrogen) atoms. The number of anilines is 2. The van der Waals surface area contributed by atoms with Gasteiger partial charge in [0.05, 0.1) is 22.2 Å². The number of nitrogens with zero attached hydrogens (tertiary/aromatic N) is 2. The van der Waals surface area contributed by atoms with E-state index in [1.807, 2.05) is 24.3 Å². The summed E-state index contributed by atoms with van der Waals surface area (Å²) in [6.45, 7) is 0. The van der Waals surface area contributed by atoms with Crippen molar-refractivity contribution in [1.29, 1.82) is 5.26 Å². The van der Waals surface area contributed by atoms with Crippen LogP contribution in [0.15, 0.2) is 48.5 Å². The van der Waals surface area contributed by atoms with Crippen molar-refractivity contribution in [2.24, 2.45) is 0 Å². The molecule has 0 aliphatic carbocycles. The number of para-hydroxylation sites is 1. The van der Waals surface area contributed by atoms with Crippen LogP contribution in [0.4, 0.5) is 15.9 Å². The van der Waals surface area contributed by atoms with Gasteiger partial charge in [0.15, 0.2) is 0 Å². The zero-order valence-electron chi connectivity index (χ0n) is 10.8. The first-order valence-corrected chi connectivity index (χ1v) is 6.57. The molecule has 3 rings (SSSR count). The molecule has 0 unspecified atom stereocenters. The third kappa shape index (κ3) is 2.64. The summed E-state index contributed by atoms with van der Waals surface area (Å²) < 4.78 is 13.4. The molecule has 0 saturated carbocycles. The number of nitrogens with one attached hydrogen (secondary N) is 1. The summed E-state index contributed by atoms with van der Waals surface area (Å²) in [6, 6.07) is 15.5. The standard InChI is InChI=1S/C16H9ClFN3/c17-13-6-5-11(8-14(13)18)20-16-7-10(9-19)12-3-1-2-4-15(12)21-16/h1-8H,(H,20,21). The van der Waals surface area contributed by atoms with Crippen molar-refractivity contribution in [2.75, 3.05) is 5.32 Å². The molecule has 1 heterocycles. The zero-order chi connectivity index (χ0) is 14.8. The molecule has 0 aliphatic heterocycles. The van der Waals surface area contributed by atoms with Crippen LogP contribution in [-0.2, 0) is 0 Å². The maximum absolute atomic E-state index is 13.4. The van der Waals surface area contributed by atoms with E-state index >= 15 is 0 Å². The van der Waals surface area contributed by atoms with Crippen LogP contribution in [0.5, 0.6) is 0 Å². The minimum absolute atomic E-state index is 0.0599. The van der Waals surface area contributed by atoms with Gasteiger partial charge in [-0.25, -0.2) is 9.37 Å². The van der Waals surface area contributed by atoms with Crippen molar-refractivity contribution in [2.45, 2.75) is 0 Å². The van der Waals surface area contributed by atoms with Gasteiger partial charge in [-0.1, -0.05) is 29.8 Å². The van der Waals surface area contributed by atoms with E-state index < -0.39 is 5.82 Å². The van der Waals surface area contributed by atoms with Gasteiger partial charge in [0.1, 0.15) is 11.6 Å². The molecule has 1 aromatic heterocycles. The number of hydrogen-bond donors (Lipinski definition) is 1. The van der Waals surface area contributed by atoms with Crippen LogP contribution in [0.2, 0.25) is 5.02 Å². The monoisotopic (exact) mass is 297 g/mol. The van der Waals surface area contributed by atoms with Crippen LogP contribution in [0, 0.1) is 17.1 Å². The summed E-state index contributed by atoms with van der Waals surface area (Å²) in [6.07, 6.45) is 0. The average Bonchev–Trinajstić information content (AvgIpc) is 2.50. The number of halogens is 2. The fourth-order valence-electron chi connectivity index (χ4n) is 2.05. The highest BCUT2D eigenvalue weighted by Crippen LogP contribution is 2.24. The maximum atomic E-state index is 13.4. The number of rotatable bonds is 2. The lowest BCUT2D eigenvalue weighted by Crippen LogP contribution is -1.96. The number of benzene rings is 2. The Hall–Kier alpha value is -2.64. The lowest BCUT2D eigenvalue weighted by molar-refractivity contribution is 0.629. The van der Waals surface area contributed by atoms with Crippen molar-refractivity contribution >= 4 is 34.0 Å². The molecule has 3 nitrogen and oxygen atoms in total. The summed E-state index contributed by atoms with van der Waals surface area (Å²) in [7, 11) is 0. The molecule has 5 heteroatoms. The Morgan fingerprint density at radius 2 is 1.95 bits per heavy atom. The molecule has 2 aromatic carbocycles.